The Bertz CT molecular complexity index is 268. The summed E-state index contributed by atoms with van der Waals surface area (Å²) in [4.78, 5) is 0. The molecule has 1 aromatic rings. The summed E-state index contributed by atoms with van der Waals surface area (Å²) in [6.07, 6.45) is -0.542. The lowest BCUT2D eigenvalue weighted by molar-refractivity contribution is 0.198. The molecular formula is C9H12O3. The number of methoxy groups -OCH3 is 1. The standard InChI is InChI=1S/C9H12O3/c1-6(10)7-3-4-8(11)9(5-7)12-2/h3-6,10-11H,1-2H3/t6-/m0/s1. The smallest absolute Gasteiger partial charge is 0.160 e. The molecule has 0 aromatic heterocycles. The molecule has 12 heavy (non-hydrogen) atoms. The molecule has 0 saturated carbocycles. The van der Waals surface area contributed by atoms with Crippen LogP contribution in [-0.4, -0.2) is 17.3 Å². The largest absolute Gasteiger partial charge is 0.504 e. The van der Waals surface area contributed by atoms with Gasteiger partial charge in [0.1, 0.15) is 0 Å². The fraction of sp³-hybridized carbons (Fsp3) is 0.333. The number of hydrogen-bond acceptors (Lipinski definition) is 3. The zero-order valence-corrected chi connectivity index (χ0v) is 7.11. The van der Waals surface area contributed by atoms with Crippen molar-refractivity contribution >= 4 is 0 Å². The van der Waals surface area contributed by atoms with Crippen molar-refractivity contribution in [3.8, 4) is 11.5 Å². The summed E-state index contributed by atoms with van der Waals surface area (Å²) in [5.41, 5.74) is 0.727. The maximum Gasteiger partial charge on any atom is 0.160 e. The second-order valence-corrected chi connectivity index (χ2v) is 2.61. The van der Waals surface area contributed by atoms with Crippen LogP contribution in [0.1, 0.15) is 18.6 Å². The molecule has 66 valence electrons. The first kappa shape index (κ1) is 8.87. The molecule has 0 bridgehead atoms. The molecule has 3 heteroatoms. The normalized spacial score (nSPS) is 12.6. The van der Waals surface area contributed by atoms with Crippen LogP contribution in [0.25, 0.3) is 0 Å². The van der Waals surface area contributed by atoms with Crippen molar-refractivity contribution in [2.45, 2.75) is 13.0 Å². The predicted molar refractivity (Wildman–Crippen MR) is 45.3 cm³/mol. The van der Waals surface area contributed by atoms with E-state index < -0.39 is 6.10 Å². The second-order valence-electron chi connectivity index (χ2n) is 2.61. The summed E-state index contributed by atoms with van der Waals surface area (Å²) in [7, 11) is 1.47. The highest BCUT2D eigenvalue weighted by molar-refractivity contribution is 5.42. The van der Waals surface area contributed by atoms with Gasteiger partial charge in [0, 0.05) is 0 Å². The molecule has 0 saturated heterocycles. The number of rotatable bonds is 2. The van der Waals surface area contributed by atoms with Crippen LogP contribution in [0.2, 0.25) is 0 Å². The Hall–Kier alpha value is -1.22. The van der Waals surface area contributed by atoms with Crippen LogP contribution in [0.15, 0.2) is 18.2 Å². The third-order valence-corrected chi connectivity index (χ3v) is 1.69. The Kier molecular flexibility index (Phi) is 2.55. The molecule has 1 atom stereocenters. The maximum atomic E-state index is 9.21. The number of aliphatic hydroxyl groups is 1. The molecule has 0 aliphatic rings. The SMILES string of the molecule is COc1cc([C@H](C)O)ccc1O. The fourth-order valence-electron chi connectivity index (χ4n) is 0.954. The molecule has 3 nitrogen and oxygen atoms in total. The molecule has 0 spiro atoms. The van der Waals surface area contributed by atoms with Crippen molar-refractivity contribution < 1.29 is 14.9 Å². The van der Waals surface area contributed by atoms with Crippen molar-refractivity contribution in [3.63, 3.8) is 0 Å². The van der Waals surface area contributed by atoms with Gasteiger partial charge >= 0.3 is 0 Å². The van der Waals surface area contributed by atoms with Crippen molar-refractivity contribution in [1.82, 2.24) is 0 Å². The molecule has 1 aromatic carbocycles. The molecule has 1 rings (SSSR count). The van der Waals surface area contributed by atoms with Crippen LogP contribution in [0.4, 0.5) is 0 Å². The number of ether oxygens (including phenoxy) is 1. The number of aliphatic hydroxyl groups excluding tert-OH is 1. The van der Waals surface area contributed by atoms with E-state index in [-0.39, 0.29) is 5.75 Å². The van der Waals surface area contributed by atoms with Gasteiger partial charge in [0.05, 0.1) is 13.2 Å². The number of benzene rings is 1. The Labute approximate surface area is 71.2 Å². The average Bonchev–Trinajstić information content (AvgIpc) is 2.05. The molecule has 0 fully saturated rings. The summed E-state index contributed by atoms with van der Waals surface area (Å²) in [5.74, 6) is 0.468. The molecule has 0 heterocycles. The van der Waals surface area contributed by atoms with E-state index in [1.807, 2.05) is 0 Å². The van der Waals surface area contributed by atoms with Crippen LogP contribution in [0, 0.1) is 0 Å². The highest BCUT2D eigenvalue weighted by atomic mass is 16.5. The lowest BCUT2D eigenvalue weighted by Crippen LogP contribution is -1.92. The van der Waals surface area contributed by atoms with Gasteiger partial charge in [-0.1, -0.05) is 6.07 Å². The minimum absolute atomic E-state index is 0.0851. The Morgan fingerprint density at radius 1 is 1.42 bits per heavy atom. The van der Waals surface area contributed by atoms with Gasteiger partial charge < -0.3 is 14.9 Å². The molecule has 0 aliphatic carbocycles. The fourth-order valence-corrected chi connectivity index (χ4v) is 0.954. The van der Waals surface area contributed by atoms with Gasteiger partial charge in [-0.2, -0.15) is 0 Å². The zero-order chi connectivity index (χ0) is 9.14. The van der Waals surface area contributed by atoms with Gasteiger partial charge in [0.25, 0.3) is 0 Å². The first-order valence-electron chi connectivity index (χ1n) is 3.70. The highest BCUT2D eigenvalue weighted by Crippen LogP contribution is 2.28. The van der Waals surface area contributed by atoms with Gasteiger partial charge in [-0.3, -0.25) is 0 Å². The minimum Gasteiger partial charge on any atom is -0.504 e. The third kappa shape index (κ3) is 1.68. The quantitative estimate of drug-likeness (QED) is 0.702. The Balaban J connectivity index is 3.05. The summed E-state index contributed by atoms with van der Waals surface area (Å²) < 4.78 is 4.87. The lowest BCUT2D eigenvalue weighted by Gasteiger charge is -2.07. The van der Waals surface area contributed by atoms with E-state index in [0.717, 1.165) is 5.56 Å². The molecule has 0 aliphatic heterocycles. The van der Waals surface area contributed by atoms with Crippen LogP contribution in [0.3, 0.4) is 0 Å². The molecular weight excluding hydrogens is 156 g/mol. The number of phenols is 1. The number of hydrogen-bond donors (Lipinski definition) is 2. The summed E-state index contributed by atoms with van der Waals surface area (Å²) >= 11 is 0. The third-order valence-electron chi connectivity index (χ3n) is 1.69. The Morgan fingerprint density at radius 3 is 2.58 bits per heavy atom. The van der Waals surface area contributed by atoms with E-state index in [9.17, 15) is 10.2 Å². The van der Waals surface area contributed by atoms with Gasteiger partial charge in [0.15, 0.2) is 11.5 Å². The van der Waals surface area contributed by atoms with Crippen LogP contribution in [-0.2, 0) is 0 Å². The van der Waals surface area contributed by atoms with Crippen LogP contribution < -0.4 is 4.74 Å². The van der Waals surface area contributed by atoms with E-state index in [2.05, 4.69) is 0 Å². The van der Waals surface area contributed by atoms with Crippen LogP contribution in [0.5, 0.6) is 11.5 Å². The molecule has 0 amide bonds. The highest BCUT2D eigenvalue weighted by Gasteiger charge is 2.05. The van der Waals surface area contributed by atoms with Crippen molar-refractivity contribution in [2.75, 3.05) is 7.11 Å². The van der Waals surface area contributed by atoms with Crippen molar-refractivity contribution in [2.24, 2.45) is 0 Å². The first-order valence-corrected chi connectivity index (χ1v) is 3.70. The predicted octanol–water partition coefficient (Wildman–Crippen LogP) is 1.45. The average molecular weight is 168 g/mol. The van der Waals surface area contributed by atoms with Gasteiger partial charge in [0.2, 0.25) is 0 Å². The molecule has 2 N–H and O–H groups in total. The van der Waals surface area contributed by atoms with E-state index in [1.165, 1.54) is 13.2 Å². The van der Waals surface area contributed by atoms with Crippen LogP contribution >= 0.6 is 0 Å². The molecule has 0 unspecified atom stereocenters. The van der Waals surface area contributed by atoms with Crippen molar-refractivity contribution in [3.05, 3.63) is 23.8 Å². The topological polar surface area (TPSA) is 49.7 Å². The minimum atomic E-state index is -0.542. The molecule has 0 radical (unpaired) electrons. The first-order chi connectivity index (χ1) is 5.65. The van der Waals surface area contributed by atoms with E-state index in [1.54, 1.807) is 19.1 Å². The van der Waals surface area contributed by atoms with Gasteiger partial charge in [-0.25, -0.2) is 0 Å². The number of aromatic hydroxyl groups is 1. The van der Waals surface area contributed by atoms with Gasteiger partial charge in [-0.15, -0.1) is 0 Å². The van der Waals surface area contributed by atoms with Gasteiger partial charge in [-0.05, 0) is 24.6 Å². The Morgan fingerprint density at radius 2 is 2.08 bits per heavy atom. The maximum absolute atomic E-state index is 9.21. The second kappa shape index (κ2) is 3.45. The number of phenolic OH excluding ortho intramolecular Hbond substituents is 1. The van der Waals surface area contributed by atoms with E-state index >= 15 is 0 Å². The van der Waals surface area contributed by atoms with E-state index in [0.29, 0.717) is 5.75 Å². The van der Waals surface area contributed by atoms with E-state index in [4.69, 9.17) is 4.74 Å². The zero-order valence-electron chi connectivity index (χ0n) is 7.11. The summed E-state index contributed by atoms with van der Waals surface area (Å²) in [6, 6.07) is 4.77. The summed E-state index contributed by atoms with van der Waals surface area (Å²) in [5, 5.41) is 18.4. The lowest BCUT2D eigenvalue weighted by atomic mass is 10.1. The monoisotopic (exact) mass is 168 g/mol. The van der Waals surface area contributed by atoms with Crippen molar-refractivity contribution in [1.29, 1.82) is 0 Å². The summed E-state index contributed by atoms with van der Waals surface area (Å²) in [6.45, 7) is 1.66.